The number of benzene rings is 1. The van der Waals surface area contributed by atoms with Crippen molar-refractivity contribution in [2.75, 3.05) is 0 Å². The number of hydrogen-bond donors (Lipinski definition) is 2. The molecule has 3 N–H and O–H groups in total. The zero-order valence-electron chi connectivity index (χ0n) is 11.9. The van der Waals surface area contributed by atoms with E-state index in [1.165, 1.54) is 18.4 Å². The van der Waals surface area contributed by atoms with E-state index in [-0.39, 0.29) is 11.4 Å². The lowest BCUT2D eigenvalue weighted by atomic mass is 9.97. The lowest BCUT2D eigenvalue weighted by Crippen LogP contribution is -2.51. The van der Waals surface area contributed by atoms with Gasteiger partial charge >= 0.3 is 0 Å². The van der Waals surface area contributed by atoms with Crippen LogP contribution in [0, 0.1) is 5.92 Å². The van der Waals surface area contributed by atoms with Crippen molar-refractivity contribution in [1.29, 1.82) is 0 Å². The standard InChI is InChI=1S/C16H24N2O/c1-16(2,13-9-10-13)18-15(19)14(17)11-8-12-6-4-3-5-7-12/h3-7,13-14H,8-11,17H2,1-2H3,(H,18,19)/t14-/m0/s1. The van der Waals surface area contributed by atoms with Crippen molar-refractivity contribution in [2.45, 2.75) is 51.1 Å². The fraction of sp³-hybridized carbons (Fsp3) is 0.562. The van der Waals surface area contributed by atoms with Crippen molar-refractivity contribution < 1.29 is 4.79 Å². The molecule has 0 saturated heterocycles. The first-order valence-electron chi connectivity index (χ1n) is 7.10. The van der Waals surface area contributed by atoms with Gasteiger partial charge in [0.2, 0.25) is 5.91 Å². The lowest BCUT2D eigenvalue weighted by molar-refractivity contribution is -0.124. The Morgan fingerprint density at radius 1 is 1.37 bits per heavy atom. The van der Waals surface area contributed by atoms with Crippen LogP contribution in [0.25, 0.3) is 0 Å². The van der Waals surface area contributed by atoms with Gasteiger partial charge < -0.3 is 11.1 Å². The van der Waals surface area contributed by atoms with Crippen LogP contribution in [-0.2, 0) is 11.2 Å². The van der Waals surface area contributed by atoms with Crippen LogP contribution in [0.5, 0.6) is 0 Å². The van der Waals surface area contributed by atoms with E-state index in [1.807, 2.05) is 18.2 Å². The van der Waals surface area contributed by atoms with Gasteiger partial charge in [-0.15, -0.1) is 0 Å². The van der Waals surface area contributed by atoms with Crippen LogP contribution in [0.15, 0.2) is 30.3 Å². The van der Waals surface area contributed by atoms with Crippen LogP contribution in [0.3, 0.4) is 0 Å². The molecule has 19 heavy (non-hydrogen) atoms. The van der Waals surface area contributed by atoms with E-state index >= 15 is 0 Å². The van der Waals surface area contributed by atoms with E-state index in [2.05, 4.69) is 31.3 Å². The number of rotatable bonds is 6. The predicted molar refractivity (Wildman–Crippen MR) is 77.7 cm³/mol. The number of hydrogen-bond acceptors (Lipinski definition) is 2. The highest BCUT2D eigenvalue weighted by atomic mass is 16.2. The summed E-state index contributed by atoms with van der Waals surface area (Å²) >= 11 is 0. The summed E-state index contributed by atoms with van der Waals surface area (Å²) in [7, 11) is 0. The van der Waals surface area contributed by atoms with Gasteiger partial charge in [-0.1, -0.05) is 30.3 Å². The average molecular weight is 260 g/mol. The maximum atomic E-state index is 12.1. The number of nitrogens with one attached hydrogen (secondary N) is 1. The molecular weight excluding hydrogens is 236 g/mol. The van der Waals surface area contributed by atoms with Crippen LogP contribution in [0.1, 0.15) is 38.7 Å². The molecule has 1 aliphatic carbocycles. The molecule has 104 valence electrons. The molecule has 1 aromatic carbocycles. The van der Waals surface area contributed by atoms with Gasteiger partial charge in [-0.2, -0.15) is 0 Å². The van der Waals surface area contributed by atoms with E-state index in [0.29, 0.717) is 12.3 Å². The van der Waals surface area contributed by atoms with E-state index in [9.17, 15) is 4.79 Å². The van der Waals surface area contributed by atoms with Crippen molar-refractivity contribution in [3.8, 4) is 0 Å². The highest BCUT2D eigenvalue weighted by Gasteiger charge is 2.39. The third kappa shape index (κ3) is 4.06. The highest BCUT2D eigenvalue weighted by Crippen LogP contribution is 2.39. The van der Waals surface area contributed by atoms with Gasteiger partial charge in [0.1, 0.15) is 0 Å². The summed E-state index contributed by atoms with van der Waals surface area (Å²) in [5.74, 6) is 0.602. The SMILES string of the molecule is CC(C)(NC(=O)[C@@H](N)CCc1ccccc1)C1CC1. The smallest absolute Gasteiger partial charge is 0.237 e. The molecule has 3 nitrogen and oxygen atoms in total. The van der Waals surface area contributed by atoms with E-state index in [1.54, 1.807) is 0 Å². The van der Waals surface area contributed by atoms with Crippen LogP contribution in [-0.4, -0.2) is 17.5 Å². The summed E-state index contributed by atoms with van der Waals surface area (Å²) in [5.41, 5.74) is 7.10. The van der Waals surface area contributed by atoms with E-state index < -0.39 is 6.04 Å². The molecule has 1 amide bonds. The van der Waals surface area contributed by atoms with E-state index in [0.717, 1.165) is 6.42 Å². The van der Waals surface area contributed by atoms with Crippen molar-refractivity contribution in [1.82, 2.24) is 5.32 Å². The molecule has 3 heteroatoms. The average Bonchev–Trinajstić information content (AvgIpc) is 3.21. The summed E-state index contributed by atoms with van der Waals surface area (Å²) in [5, 5.41) is 3.09. The number of carbonyl (C=O) groups excluding carboxylic acids is 1. The van der Waals surface area contributed by atoms with Crippen molar-refractivity contribution in [2.24, 2.45) is 11.7 Å². The van der Waals surface area contributed by atoms with Gasteiger partial charge in [0.25, 0.3) is 0 Å². The quantitative estimate of drug-likeness (QED) is 0.824. The Morgan fingerprint density at radius 3 is 2.58 bits per heavy atom. The minimum absolute atomic E-state index is 0.0205. The normalized spacial score (nSPS) is 17.0. The molecule has 1 saturated carbocycles. The molecule has 0 aromatic heterocycles. The number of aryl methyl sites for hydroxylation is 1. The fourth-order valence-corrected chi connectivity index (χ4v) is 2.42. The van der Waals surface area contributed by atoms with Crippen LogP contribution in [0.2, 0.25) is 0 Å². The number of carbonyl (C=O) groups is 1. The third-order valence-electron chi connectivity index (χ3n) is 3.97. The first kappa shape index (κ1) is 14.1. The molecule has 0 spiro atoms. The monoisotopic (exact) mass is 260 g/mol. The van der Waals surface area contributed by atoms with Gasteiger partial charge in [0.05, 0.1) is 6.04 Å². The second-order valence-electron chi connectivity index (χ2n) is 6.12. The van der Waals surface area contributed by atoms with Crippen molar-refractivity contribution in [3.05, 3.63) is 35.9 Å². The van der Waals surface area contributed by atoms with Crippen molar-refractivity contribution >= 4 is 5.91 Å². The molecule has 1 atom stereocenters. The first-order valence-corrected chi connectivity index (χ1v) is 7.10. The highest BCUT2D eigenvalue weighted by molar-refractivity contribution is 5.82. The molecule has 1 aliphatic rings. The topological polar surface area (TPSA) is 55.1 Å². The Balaban J connectivity index is 1.79. The Kier molecular flexibility index (Phi) is 4.25. The minimum Gasteiger partial charge on any atom is -0.350 e. The molecule has 0 aliphatic heterocycles. The zero-order valence-corrected chi connectivity index (χ0v) is 11.9. The van der Waals surface area contributed by atoms with Gasteiger partial charge in [-0.3, -0.25) is 4.79 Å². The first-order chi connectivity index (χ1) is 8.99. The number of nitrogens with two attached hydrogens (primary N) is 1. The Morgan fingerprint density at radius 2 is 2.00 bits per heavy atom. The van der Waals surface area contributed by atoms with Gasteiger partial charge in [-0.25, -0.2) is 0 Å². The molecule has 0 bridgehead atoms. The Hall–Kier alpha value is -1.35. The summed E-state index contributed by atoms with van der Waals surface area (Å²) in [4.78, 5) is 12.1. The van der Waals surface area contributed by atoms with Crippen LogP contribution in [0.4, 0.5) is 0 Å². The van der Waals surface area contributed by atoms with Crippen LogP contribution < -0.4 is 11.1 Å². The summed E-state index contributed by atoms with van der Waals surface area (Å²) < 4.78 is 0. The molecule has 0 radical (unpaired) electrons. The Labute approximate surface area is 115 Å². The lowest BCUT2D eigenvalue weighted by Gasteiger charge is -2.27. The summed E-state index contributed by atoms with van der Waals surface area (Å²) in [6.07, 6.45) is 3.97. The molecule has 2 rings (SSSR count). The fourth-order valence-electron chi connectivity index (χ4n) is 2.42. The second-order valence-corrected chi connectivity index (χ2v) is 6.12. The Bertz CT molecular complexity index is 424. The largest absolute Gasteiger partial charge is 0.350 e. The third-order valence-corrected chi connectivity index (χ3v) is 3.97. The zero-order chi connectivity index (χ0) is 13.9. The van der Waals surface area contributed by atoms with E-state index in [4.69, 9.17) is 5.73 Å². The van der Waals surface area contributed by atoms with Gasteiger partial charge in [0.15, 0.2) is 0 Å². The number of amides is 1. The minimum atomic E-state index is -0.418. The molecule has 0 heterocycles. The van der Waals surface area contributed by atoms with Crippen molar-refractivity contribution in [3.63, 3.8) is 0 Å². The maximum absolute atomic E-state index is 12.1. The van der Waals surface area contributed by atoms with Crippen LogP contribution >= 0.6 is 0 Å². The second kappa shape index (κ2) is 5.74. The molecule has 0 unspecified atom stereocenters. The molecule has 1 aromatic rings. The van der Waals surface area contributed by atoms with Gasteiger partial charge in [0, 0.05) is 5.54 Å². The molecular formula is C16H24N2O. The summed E-state index contributed by atoms with van der Waals surface area (Å²) in [6, 6.07) is 9.73. The molecule has 1 fully saturated rings. The maximum Gasteiger partial charge on any atom is 0.237 e. The summed E-state index contributed by atoms with van der Waals surface area (Å²) in [6.45, 7) is 4.18. The van der Waals surface area contributed by atoms with Gasteiger partial charge in [-0.05, 0) is 51.0 Å². The predicted octanol–water partition coefficient (Wildman–Crippen LogP) is 2.25.